The quantitative estimate of drug-likeness (QED) is 0.523. The maximum absolute atomic E-state index is 13.4. The van der Waals surface area contributed by atoms with Crippen LogP contribution >= 0.6 is 0 Å². The average molecular weight is 427 g/mol. The minimum absolute atomic E-state index is 0.0777. The van der Waals surface area contributed by atoms with E-state index in [1.54, 1.807) is 25.1 Å². The fourth-order valence-corrected chi connectivity index (χ4v) is 3.19. The first-order valence-electron chi connectivity index (χ1n) is 9.13. The normalized spacial score (nSPS) is 11.5. The predicted octanol–water partition coefficient (Wildman–Crippen LogP) is 4.38. The highest BCUT2D eigenvalue weighted by Crippen LogP contribution is 2.36. The van der Waals surface area contributed by atoms with Crippen LogP contribution in [-0.4, -0.2) is 32.6 Å². The van der Waals surface area contributed by atoms with Crippen molar-refractivity contribution in [2.24, 2.45) is 0 Å². The summed E-state index contributed by atoms with van der Waals surface area (Å²) in [5, 5.41) is 6.89. The molecule has 0 saturated carbocycles. The molecule has 4 rings (SSSR count). The molecule has 0 atom stereocenters. The number of ether oxygens (including phenoxy) is 1. The van der Waals surface area contributed by atoms with Crippen LogP contribution in [0.15, 0.2) is 54.7 Å². The van der Waals surface area contributed by atoms with Crippen molar-refractivity contribution in [3.8, 4) is 17.1 Å². The van der Waals surface area contributed by atoms with Crippen LogP contribution in [0.5, 0.6) is 5.88 Å². The summed E-state index contributed by atoms with van der Waals surface area (Å²) in [5.41, 5.74) is -0.182. The van der Waals surface area contributed by atoms with E-state index in [4.69, 9.17) is 4.74 Å². The van der Waals surface area contributed by atoms with Gasteiger partial charge in [-0.25, -0.2) is 9.50 Å². The Labute approximate surface area is 174 Å². The van der Waals surface area contributed by atoms with Crippen molar-refractivity contribution in [2.45, 2.75) is 13.1 Å². The molecule has 1 N–H and O–H groups in total. The second-order valence-corrected chi connectivity index (χ2v) is 6.60. The number of benzene rings is 1. The van der Waals surface area contributed by atoms with E-state index >= 15 is 0 Å². The molecular weight excluding hydrogens is 411 g/mol. The first-order chi connectivity index (χ1) is 14.8. The van der Waals surface area contributed by atoms with Crippen LogP contribution in [0.2, 0.25) is 0 Å². The van der Waals surface area contributed by atoms with Gasteiger partial charge in [-0.3, -0.25) is 4.79 Å². The number of hydrogen-bond acceptors (Lipinski definition) is 5. The van der Waals surface area contributed by atoms with Gasteiger partial charge in [-0.2, -0.15) is 23.3 Å². The van der Waals surface area contributed by atoms with Gasteiger partial charge in [-0.1, -0.05) is 24.3 Å². The zero-order valence-corrected chi connectivity index (χ0v) is 16.4. The van der Waals surface area contributed by atoms with Crippen molar-refractivity contribution < 1.29 is 22.7 Å². The highest BCUT2D eigenvalue weighted by Gasteiger charge is 2.33. The van der Waals surface area contributed by atoms with Crippen LogP contribution < -0.4 is 10.1 Å². The number of methoxy groups -OCH3 is 1. The van der Waals surface area contributed by atoms with Crippen molar-refractivity contribution in [1.82, 2.24) is 19.6 Å². The number of amides is 1. The Hall–Kier alpha value is -3.95. The Morgan fingerprint density at radius 1 is 1.06 bits per heavy atom. The molecule has 0 aliphatic heterocycles. The molecule has 0 fully saturated rings. The predicted molar refractivity (Wildman–Crippen MR) is 107 cm³/mol. The molecule has 31 heavy (non-hydrogen) atoms. The average Bonchev–Trinajstić information content (AvgIpc) is 3.08. The largest absolute Gasteiger partial charge is 0.481 e. The molecule has 0 bridgehead atoms. The molecule has 0 radical (unpaired) electrons. The summed E-state index contributed by atoms with van der Waals surface area (Å²) in [6.07, 6.45) is -3.07. The molecule has 158 valence electrons. The van der Waals surface area contributed by atoms with E-state index in [2.05, 4.69) is 20.4 Å². The number of hydrogen-bond donors (Lipinski definition) is 1. The number of aromatic nitrogens is 4. The number of fused-ring (bicyclic) bond motifs is 1. The van der Waals surface area contributed by atoms with Gasteiger partial charge >= 0.3 is 6.18 Å². The Kier molecular flexibility index (Phi) is 5.05. The van der Waals surface area contributed by atoms with E-state index < -0.39 is 17.6 Å². The van der Waals surface area contributed by atoms with Crippen LogP contribution in [-0.2, 0) is 6.18 Å². The summed E-state index contributed by atoms with van der Waals surface area (Å²) < 4.78 is 46.7. The third kappa shape index (κ3) is 3.91. The summed E-state index contributed by atoms with van der Waals surface area (Å²) in [4.78, 5) is 21.4. The lowest BCUT2D eigenvalue weighted by Crippen LogP contribution is -2.14. The summed E-state index contributed by atoms with van der Waals surface area (Å²) in [7, 11) is 1.45. The maximum atomic E-state index is 13.4. The van der Waals surface area contributed by atoms with E-state index in [1.165, 1.54) is 42.1 Å². The molecule has 0 aliphatic carbocycles. The number of alkyl halides is 3. The highest BCUT2D eigenvalue weighted by atomic mass is 19.4. The number of halogens is 3. The third-order valence-corrected chi connectivity index (χ3v) is 4.57. The summed E-state index contributed by atoms with van der Waals surface area (Å²) in [6, 6.07) is 11.4. The molecule has 4 aromatic rings. The van der Waals surface area contributed by atoms with E-state index in [1.807, 2.05) is 0 Å². The Balaban J connectivity index is 1.78. The molecule has 0 spiro atoms. The van der Waals surface area contributed by atoms with Gasteiger partial charge in [0.25, 0.3) is 5.91 Å². The Morgan fingerprint density at radius 2 is 1.84 bits per heavy atom. The van der Waals surface area contributed by atoms with E-state index in [0.717, 1.165) is 6.07 Å². The Morgan fingerprint density at radius 3 is 2.58 bits per heavy atom. The van der Waals surface area contributed by atoms with Gasteiger partial charge in [0.15, 0.2) is 5.65 Å². The first kappa shape index (κ1) is 20.3. The third-order valence-electron chi connectivity index (χ3n) is 4.57. The first-order valence-corrected chi connectivity index (χ1v) is 9.13. The monoisotopic (exact) mass is 427 g/mol. The lowest BCUT2D eigenvalue weighted by molar-refractivity contribution is -0.137. The van der Waals surface area contributed by atoms with E-state index in [0.29, 0.717) is 11.6 Å². The smallest absolute Gasteiger partial charge is 0.417 e. The molecule has 1 amide bonds. The van der Waals surface area contributed by atoms with Gasteiger partial charge in [-0.15, -0.1) is 0 Å². The molecule has 0 unspecified atom stereocenters. The standard InChI is InChI=1S/C21H16F3N5O2/c1-12-18(20(30)27-16-8-5-9-17(26-16)31-2)19-25-15(10-11-29(19)28-12)13-6-3-4-7-14(13)21(22,23)24/h3-11H,1-2H3,(H,26,27,30). The number of pyridine rings is 1. The fourth-order valence-electron chi connectivity index (χ4n) is 3.19. The van der Waals surface area contributed by atoms with Crippen molar-refractivity contribution in [3.63, 3.8) is 0 Å². The number of rotatable bonds is 4. The number of nitrogens with zero attached hydrogens (tertiary/aromatic N) is 4. The number of aryl methyl sites for hydroxylation is 1. The number of carbonyl (C=O) groups excluding carboxylic acids is 1. The minimum Gasteiger partial charge on any atom is -0.481 e. The van der Waals surface area contributed by atoms with Gasteiger partial charge < -0.3 is 10.1 Å². The van der Waals surface area contributed by atoms with Gasteiger partial charge in [0, 0.05) is 17.8 Å². The molecule has 3 aromatic heterocycles. The lowest BCUT2D eigenvalue weighted by atomic mass is 10.0. The van der Waals surface area contributed by atoms with Crippen molar-refractivity contribution in [1.29, 1.82) is 0 Å². The molecule has 0 saturated heterocycles. The topological polar surface area (TPSA) is 81.4 Å². The highest BCUT2D eigenvalue weighted by molar-refractivity contribution is 6.08. The van der Waals surface area contributed by atoms with Crippen molar-refractivity contribution in [3.05, 3.63) is 71.5 Å². The lowest BCUT2D eigenvalue weighted by Gasteiger charge is -2.12. The zero-order valence-electron chi connectivity index (χ0n) is 16.4. The molecule has 3 heterocycles. The van der Waals surface area contributed by atoms with Gasteiger partial charge in [0.2, 0.25) is 5.88 Å². The van der Waals surface area contributed by atoms with Crippen molar-refractivity contribution >= 4 is 17.4 Å². The SMILES string of the molecule is COc1cccc(NC(=O)c2c(C)nn3ccc(-c4ccccc4C(F)(F)F)nc23)n1. The van der Waals surface area contributed by atoms with E-state index in [9.17, 15) is 18.0 Å². The van der Waals surface area contributed by atoms with Crippen LogP contribution in [0, 0.1) is 6.92 Å². The molecule has 7 nitrogen and oxygen atoms in total. The van der Waals surface area contributed by atoms with Gasteiger partial charge in [0.05, 0.1) is 24.1 Å². The van der Waals surface area contributed by atoms with Gasteiger partial charge in [0.1, 0.15) is 11.4 Å². The second-order valence-electron chi connectivity index (χ2n) is 6.60. The maximum Gasteiger partial charge on any atom is 0.417 e. The summed E-state index contributed by atoms with van der Waals surface area (Å²) >= 11 is 0. The van der Waals surface area contributed by atoms with Crippen LogP contribution in [0.4, 0.5) is 19.0 Å². The fraction of sp³-hybridized carbons (Fsp3) is 0.143. The Bertz CT molecular complexity index is 1280. The van der Waals surface area contributed by atoms with Gasteiger partial charge in [-0.05, 0) is 25.1 Å². The number of nitrogens with one attached hydrogen (secondary N) is 1. The van der Waals surface area contributed by atoms with Crippen LogP contribution in [0.25, 0.3) is 16.9 Å². The minimum atomic E-state index is -4.54. The van der Waals surface area contributed by atoms with E-state index in [-0.39, 0.29) is 28.3 Å². The molecule has 0 aliphatic rings. The second kappa shape index (κ2) is 7.71. The number of anilines is 1. The summed E-state index contributed by atoms with van der Waals surface area (Å²) in [6.45, 7) is 1.62. The van der Waals surface area contributed by atoms with Crippen LogP contribution in [0.1, 0.15) is 21.6 Å². The zero-order chi connectivity index (χ0) is 22.2. The van der Waals surface area contributed by atoms with Crippen molar-refractivity contribution in [2.75, 3.05) is 12.4 Å². The molecule has 10 heteroatoms. The molecular formula is C21H16F3N5O2. The van der Waals surface area contributed by atoms with Crippen LogP contribution in [0.3, 0.4) is 0 Å². The molecule has 1 aromatic carbocycles. The summed E-state index contributed by atoms with van der Waals surface area (Å²) in [5.74, 6) is 0.0298. The number of carbonyl (C=O) groups is 1.